The van der Waals surface area contributed by atoms with Gasteiger partial charge in [0.05, 0.1) is 11.7 Å². The molecular weight excluding hydrogens is 276 g/mol. The van der Waals surface area contributed by atoms with Gasteiger partial charge in [0.1, 0.15) is 0 Å². The van der Waals surface area contributed by atoms with Gasteiger partial charge in [-0.2, -0.15) is 0 Å². The third kappa shape index (κ3) is 4.91. The van der Waals surface area contributed by atoms with Crippen LogP contribution in [0.4, 0.5) is 0 Å². The predicted octanol–water partition coefficient (Wildman–Crippen LogP) is 1.80. The maximum Gasteiger partial charge on any atom is 0.329 e. The standard InChI is InChI=1S/C13H22N4O4/c1-8(21-13(2,3)4)11(12(19)20)17-7-9(5-10(17)18)6-15-16-14/h8-9,11H,5-7H2,1-4H3,(H,19,20)/t8-,9?,11+/m0/s1. The highest BCUT2D eigenvalue weighted by Crippen LogP contribution is 2.25. The first-order chi connectivity index (χ1) is 9.65. The molecule has 1 fully saturated rings. The van der Waals surface area contributed by atoms with E-state index in [2.05, 4.69) is 10.0 Å². The van der Waals surface area contributed by atoms with Crippen LogP contribution < -0.4 is 0 Å². The quantitative estimate of drug-likeness (QED) is 0.457. The highest BCUT2D eigenvalue weighted by atomic mass is 16.5. The minimum Gasteiger partial charge on any atom is -0.480 e. The van der Waals surface area contributed by atoms with E-state index in [4.69, 9.17) is 10.3 Å². The van der Waals surface area contributed by atoms with Crippen LogP contribution in [-0.2, 0) is 14.3 Å². The van der Waals surface area contributed by atoms with Gasteiger partial charge in [0.2, 0.25) is 5.91 Å². The van der Waals surface area contributed by atoms with Crippen LogP contribution in [-0.4, -0.2) is 52.7 Å². The Kier molecular flexibility index (Phi) is 5.57. The molecule has 0 aromatic carbocycles. The second-order valence-corrected chi connectivity index (χ2v) is 6.25. The monoisotopic (exact) mass is 298 g/mol. The predicted molar refractivity (Wildman–Crippen MR) is 75.6 cm³/mol. The van der Waals surface area contributed by atoms with Crippen LogP contribution in [0.5, 0.6) is 0 Å². The molecule has 0 radical (unpaired) electrons. The largest absolute Gasteiger partial charge is 0.480 e. The van der Waals surface area contributed by atoms with Crippen LogP contribution in [0.3, 0.4) is 0 Å². The van der Waals surface area contributed by atoms with Crippen molar-refractivity contribution in [2.24, 2.45) is 11.0 Å². The van der Waals surface area contributed by atoms with Gasteiger partial charge in [0.25, 0.3) is 0 Å². The molecule has 0 saturated carbocycles. The Morgan fingerprint density at radius 3 is 2.71 bits per heavy atom. The number of carbonyl (C=O) groups excluding carboxylic acids is 1. The zero-order valence-electron chi connectivity index (χ0n) is 12.8. The van der Waals surface area contributed by atoms with E-state index in [1.807, 2.05) is 20.8 Å². The highest BCUT2D eigenvalue weighted by molar-refractivity contribution is 5.85. The van der Waals surface area contributed by atoms with Gasteiger partial charge in [-0.25, -0.2) is 4.79 Å². The van der Waals surface area contributed by atoms with Crippen molar-refractivity contribution in [1.29, 1.82) is 0 Å². The summed E-state index contributed by atoms with van der Waals surface area (Å²) < 4.78 is 5.68. The van der Waals surface area contributed by atoms with Gasteiger partial charge in [0.15, 0.2) is 6.04 Å². The molecule has 21 heavy (non-hydrogen) atoms. The molecular formula is C13H22N4O4. The molecule has 3 atom stereocenters. The minimum atomic E-state index is -1.09. The zero-order valence-corrected chi connectivity index (χ0v) is 12.8. The molecule has 1 saturated heterocycles. The van der Waals surface area contributed by atoms with E-state index in [1.54, 1.807) is 6.92 Å². The van der Waals surface area contributed by atoms with Crippen LogP contribution in [0.25, 0.3) is 10.4 Å². The second-order valence-electron chi connectivity index (χ2n) is 6.25. The minimum absolute atomic E-state index is 0.142. The fourth-order valence-electron chi connectivity index (χ4n) is 2.56. The van der Waals surface area contributed by atoms with Crippen LogP contribution in [0.1, 0.15) is 34.1 Å². The van der Waals surface area contributed by atoms with E-state index in [0.717, 1.165) is 0 Å². The summed E-state index contributed by atoms with van der Waals surface area (Å²) in [5.41, 5.74) is 7.82. The van der Waals surface area contributed by atoms with Crippen molar-refractivity contribution in [3.63, 3.8) is 0 Å². The molecule has 0 aliphatic carbocycles. The third-order valence-corrected chi connectivity index (χ3v) is 3.21. The Hall–Kier alpha value is -1.79. The summed E-state index contributed by atoms with van der Waals surface area (Å²) in [6, 6.07) is -1.03. The summed E-state index contributed by atoms with van der Waals surface area (Å²) >= 11 is 0. The molecule has 0 aromatic heterocycles. The Labute approximate surface area is 123 Å². The third-order valence-electron chi connectivity index (χ3n) is 3.21. The van der Waals surface area contributed by atoms with Crippen molar-refractivity contribution in [2.45, 2.75) is 51.9 Å². The van der Waals surface area contributed by atoms with Gasteiger partial charge in [-0.05, 0) is 39.1 Å². The van der Waals surface area contributed by atoms with Gasteiger partial charge < -0.3 is 14.7 Å². The number of azide groups is 1. The summed E-state index contributed by atoms with van der Waals surface area (Å²) in [5.74, 6) is -1.48. The van der Waals surface area contributed by atoms with Crippen molar-refractivity contribution in [3.05, 3.63) is 10.4 Å². The summed E-state index contributed by atoms with van der Waals surface area (Å²) in [7, 11) is 0. The van der Waals surface area contributed by atoms with Crippen LogP contribution in [0.15, 0.2) is 5.11 Å². The smallest absolute Gasteiger partial charge is 0.329 e. The molecule has 1 amide bonds. The second kappa shape index (κ2) is 6.78. The molecule has 8 nitrogen and oxygen atoms in total. The summed E-state index contributed by atoms with van der Waals surface area (Å²) in [4.78, 5) is 27.5. The topological polar surface area (TPSA) is 116 Å². The lowest BCUT2D eigenvalue weighted by atomic mass is 10.1. The van der Waals surface area contributed by atoms with Gasteiger partial charge >= 0.3 is 5.97 Å². The number of ether oxygens (including phenoxy) is 1. The van der Waals surface area contributed by atoms with Gasteiger partial charge in [-0.3, -0.25) is 4.79 Å². The molecule has 118 valence electrons. The number of hydrogen-bond donors (Lipinski definition) is 1. The molecule has 1 aliphatic rings. The van der Waals surface area contributed by atoms with Gasteiger partial charge in [-0.15, -0.1) is 0 Å². The number of carboxylic acids is 1. The number of nitrogens with zero attached hydrogens (tertiary/aromatic N) is 4. The Balaban J connectivity index is 2.84. The number of carbonyl (C=O) groups is 2. The van der Waals surface area contributed by atoms with Crippen LogP contribution in [0, 0.1) is 5.92 Å². The lowest BCUT2D eigenvalue weighted by molar-refractivity contribution is -0.160. The lowest BCUT2D eigenvalue weighted by Crippen LogP contribution is -2.51. The number of carboxylic acid groups (broad SMARTS) is 1. The van der Waals surface area contributed by atoms with Crippen LogP contribution >= 0.6 is 0 Å². The van der Waals surface area contributed by atoms with Gasteiger partial charge in [-0.1, -0.05) is 5.11 Å². The molecule has 1 rings (SSSR count). The van der Waals surface area contributed by atoms with Crippen molar-refractivity contribution >= 4 is 11.9 Å². The molecule has 0 spiro atoms. The fraction of sp³-hybridized carbons (Fsp3) is 0.846. The van der Waals surface area contributed by atoms with Crippen LogP contribution in [0.2, 0.25) is 0 Å². The molecule has 0 bridgehead atoms. The first kappa shape index (κ1) is 17.3. The first-order valence-electron chi connectivity index (χ1n) is 6.86. The number of hydrogen-bond acceptors (Lipinski definition) is 4. The van der Waals surface area contributed by atoms with E-state index in [1.165, 1.54) is 4.90 Å². The SMILES string of the molecule is C[C@H](OC(C)(C)C)[C@H](C(=O)O)N1CC(CN=[N+]=[N-])CC1=O. The first-order valence-corrected chi connectivity index (χ1v) is 6.86. The number of aliphatic carboxylic acids is 1. The fourth-order valence-corrected chi connectivity index (χ4v) is 2.56. The van der Waals surface area contributed by atoms with E-state index in [9.17, 15) is 14.7 Å². The van der Waals surface area contributed by atoms with E-state index in [0.29, 0.717) is 0 Å². The molecule has 1 heterocycles. The maximum atomic E-state index is 12.0. The van der Waals surface area contributed by atoms with E-state index < -0.39 is 23.7 Å². The average molecular weight is 298 g/mol. The van der Waals surface area contributed by atoms with E-state index >= 15 is 0 Å². The molecule has 1 aliphatic heterocycles. The number of likely N-dealkylation sites (tertiary alicyclic amines) is 1. The Bertz CT molecular complexity index is 454. The average Bonchev–Trinajstić information content (AvgIpc) is 2.65. The maximum absolute atomic E-state index is 12.0. The highest BCUT2D eigenvalue weighted by Gasteiger charge is 2.41. The lowest BCUT2D eigenvalue weighted by Gasteiger charge is -2.33. The molecule has 1 N–H and O–H groups in total. The normalized spacial score (nSPS) is 21.8. The number of amides is 1. The zero-order chi connectivity index (χ0) is 16.2. The molecule has 8 heteroatoms. The van der Waals surface area contributed by atoms with E-state index in [-0.39, 0.29) is 31.3 Å². The van der Waals surface area contributed by atoms with Crippen molar-refractivity contribution < 1.29 is 19.4 Å². The van der Waals surface area contributed by atoms with Crippen molar-refractivity contribution in [1.82, 2.24) is 4.90 Å². The Morgan fingerprint density at radius 1 is 1.62 bits per heavy atom. The van der Waals surface area contributed by atoms with Crippen molar-refractivity contribution in [2.75, 3.05) is 13.1 Å². The van der Waals surface area contributed by atoms with Crippen molar-refractivity contribution in [3.8, 4) is 0 Å². The number of rotatable bonds is 6. The summed E-state index contributed by atoms with van der Waals surface area (Å²) in [5, 5.41) is 12.9. The molecule has 1 unspecified atom stereocenters. The van der Waals surface area contributed by atoms with Gasteiger partial charge in [0, 0.05) is 24.4 Å². The Morgan fingerprint density at radius 2 is 2.24 bits per heavy atom. The summed E-state index contributed by atoms with van der Waals surface area (Å²) in [6.45, 7) is 7.61. The molecule has 0 aromatic rings. The summed E-state index contributed by atoms with van der Waals surface area (Å²) in [6.07, 6.45) is -0.435.